The normalized spacial score (nSPS) is 10.1. The maximum Gasteiger partial charge on any atom is 0.340 e. The van der Waals surface area contributed by atoms with Gasteiger partial charge in [-0.1, -0.05) is 19.1 Å². The molecule has 1 amide bonds. The van der Waals surface area contributed by atoms with Crippen LogP contribution in [-0.4, -0.2) is 25.0 Å². The van der Waals surface area contributed by atoms with Crippen molar-refractivity contribution >= 4 is 23.3 Å². The molecule has 2 aromatic carbocycles. The Morgan fingerprint density at radius 1 is 1.08 bits per heavy atom. The molecule has 6 heteroatoms. The number of hydrogen-bond donors (Lipinski definition) is 2. The summed E-state index contributed by atoms with van der Waals surface area (Å²) in [6, 6.07) is 12.5. The lowest BCUT2D eigenvalue weighted by molar-refractivity contribution is -0.124. The summed E-state index contributed by atoms with van der Waals surface area (Å²) in [6.07, 6.45) is 0.810. The average molecular weight is 330 g/mol. The predicted molar refractivity (Wildman–Crippen MR) is 89.7 cm³/mol. The number of benzene rings is 2. The lowest BCUT2D eigenvalue weighted by atomic mass is 10.1. The third-order valence-corrected chi connectivity index (χ3v) is 3.18. The van der Waals surface area contributed by atoms with Crippen LogP contribution in [-0.2, 0) is 9.53 Å². The van der Waals surface area contributed by atoms with Gasteiger partial charge in [0.1, 0.15) is 5.82 Å². The van der Waals surface area contributed by atoms with E-state index in [-0.39, 0.29) is 18.3 Å². The van der Waals surface area contributed by atoms with Gasteiger partial charge in [-0.25, -0.2) is 9.18 Å². The van der Waals surface area contributed by atoms with E-state index < -0.39 is 5.97 Å². The summed E-state index contributed by atoms with van der Waals surface area (Å²) in [6.45, 7) is 2.15. The highest BCUT2D eigenvalue weighted by molar-refractivity contribution is 5.97. The highest BCUT2D eigenvalue weighted by Gasteiger charge is 2.14. The average Bonchev–Trinajstić information content (AvgIpc) is 2.60. The Morgan fingerprint density at radius 2 is 1.79 bits per heavy atom. The third-order valence-electron chi connectivity index (χ3n) is 3.18. The van der Waals surface area contributed by atoms with E-state index >= 15 is 0 Å². The Morgan fingerprint density at radius 3 is 2.50 bits per heavy atom. The first-order chi connectivity index (χ1) is 11.6. The number of amides is 1. The van der Waals surface area contributed by atoms with Gasteiger partial charge >= 0.3 is 5.97 Å². The van der Waals surface area contributed by atoms with Crippen LogP contribution in [0.25, 0.3) is 0 Å². The Bertz CT molecular complexity index is 702. The number of para-hydroxylation sites is 1. The first-order valence-corrected chi connectivity index (χ1v) is 7.65. The molecule has 0 saturated heterocycles. The zero-order valence-electron chi connectivity index (χ0n) is 13.3. The number of anilines is 2. The fourth-order valence-corrected chi connectivity index (χ4v) is 1.98. The molecule has 0 aromatic heterocycles. The third kappa shape index (κ3) is 5.08. The number of nitrogens with one attached hydrogen (secondary N) is 2. The minimum Gasteiger partial charge on any atom is -0.452 e. The van der Waals surface area contributed by atoms with E-state index in [4.69, 9.17) is 4.74 Å². The van der Waals surface area contributed by atoms with Crippen LogP contribution in [0.3, 0.4) is 0 Å². The summed E-state index contributed by atoms with van der Waals surface area (Å²) < 4.78 is 18.0. The molecular weight excluding hydrogens is 311 g/mol. The van der Waals surface area contributed by atoms with Crippen molar-refractivity contribution in [3.05, 3.63) is 59.9 Å². The topological polar surface area (TPSA) is 67.4 Å². The first kappa shape index (κ1) is 17.5. The number of hydrogen-bond acceptors (Lipinski definition) is 4. The molecule has 0 saturated carbocycles. The largest absolute Gasteiger partial charge is 0.452 e. The second-order valence-electron chi connectivity index (χ2n) is 5.10. The van der Waals surface area contributed by atoms with Crippen molar-refractivity contribution in [3.8, 4) is 0 Å². The van der Waals surface area contributed by atoms with E-state index in [1.54, 1.807) is 36.4 Å². The number of esters is 1. The van der Waals surface area contributed by atoms with Crippen molar-refractivity contribution in [1.29, 1.82) is 0 Å². The summed E-state index contributed by atoms with van der Waals surface area (Å²) in [5.41, 5.74) is 1.45. The molecule has 24 heavy (non-hydrogen) atoms. The van der Waals surface area contributed by atoms with Crippen LogP contribution in [0.4, 0.5) is 15.8 Å². The van der Waals surface area contributed by atoms with E-state index in [2.05, 4.69) is 10.6 Å². The predicted octanol–water partition coefficient (Wildman–Crippen LogP) is 3.25. The van der Waals surface area contributed by atoms with E-state index in [0.717, 1.165) is 6.42 Å². The zero-order chi connectivity index (χ0) is 17.4. The van der Waals surface area contributed by atoms with Gasteiger partial charge < -0.3 is 15.4 Å². The van der Waals surface area contributed by atoms with Crippen molar-refractivity contribution in [3.63, 3.8) is 0 Å². The Kier molecular flexibility index (Phi) is 6.31. The Balaban J connectivity index is 2.03. The van der Waals surface area contributed by atoms with Crippen molar-refractivity contribution in [2.45, 2.75) is 13.3 Å². The van der Waals surface area contributed by atoms with Crippen LogP contribution in [0, 0.1) is 5.82 Å². The van der Waals surface area contributed by atoms with Crippen LogP contribution >= 0.6 is 0 Å². The van der Waals surface area contributed by atoms with Crippen LogP contribution in [0.2, 0.25) is 0 Å². The molecule has 2 rings (SSSR count). The van der Waals surface area contributed by atoms with Crippen LogP contribution < -0.4 is 10.6 Å². The number of rotatable bonds is 7. The van der Waals surface area contributed by atoms with Gasteiger partial charge in [0.25, 0.3) is 5.91 Å². The smallest absolute Gasteiger partial charge is 0.340 e. The van der Waals surface area contributed by atoms with Gasteiger partial charge in [0.05, 0.1) is 11.3 Å². The molecule has 0 unspecified atom stereocenters. The van der Waals surface area contributed by atoms with E-state index in [0.29, 0.717) is 23.5 Å². The standard InChI is InChI=1S/C18H19FN2O3/c1-2-11-20-17(22)12-24-18(23)15-5-3-4-6-16(15)21-14-9-7-13(19)8-10-14/h3-10,21H,2,11-12H2,1H3,(H,20,22). The molecule has 0 radical (unpaired) electrons. The zero-order valence-corrected chi connectivity index (χ0v) is 13.3. The van der Waals surface area contributed by atoms with Crippen LogP contribution in [0.5, 0.6) is 0 Å². The summed E-state index contributed by atoms with van der Waals surface area (Å²) in [5, 5.41) is 5.67. The molecule has 0 aliphatic carbocycles. The van der Waals surface area contributed by atoms with Gasteiger partial charge in [-0.3, -0.25) is 4.79 Å². The van der Waals surface area contributed by atoms with Crippen molar-refractivity contribution < 1.29 is 18.7 Å². The molecule has 5 nitrogen and oxygen atoms in total. The summed E-state index contributed by atoms with van der Waals surface area (Å²) in [5.74, 6) is -1.28. The quantitative estimate of drug-likeness (QED) is 0.765. The molecule has 0 bridgehead atoms. The highest BCUT2D eigenvalue weighted by Crippen LogP contribution is 2.21. The Labute approximate surface area is 139 Å². The number of carbonyl (C=O) groups excluding carboxylic acids is 2. The van der Waals surface area contributed by atoms with Gasteiger partial charge in [-0.15, -0.1) is 0 Å². The van der Waals surface area contributed by atoms with Gasteiger partial charge in [0.15, 0.2) is 6.61 Å². The van der Waals surface area contributed by atoms with Crippen LogP contribution in [0.15, 0.2) is 48.5 Å². The lowest BCUT2D eigenvalue weighted by Gasteiger charge is -2.12. The lowest BCUT2D eigenvalue weighted by Crippen LogP contribution is -2.29. The fraction of sp³-hybridized carbons (Fsp3) is 0.222. The Hall–Kier alpha value is -2.89. The second kappa shape index (κ2) is 8.67. The van der Waals surface area contributed by atoms with Gasteiger partial charge in [0, 0.05) is 12.2 Å². The molecule has 126 valence electrons. The number of carbonyl (C=O) groups is 2. The molecule has 0 atom stereocenters. The first-order valence-electron chi connectivity index (χ1n) is 7.65. The number of halogens is 1. The van der Waals surface area contributed by atoms with Gasteiger partial charge in [-0.2, -0.15) is 0 Å². The van der Waals surface area contributed by atoms with Crippen molar-refractivity contribution in [1.82, 2.24) is 5.32 Å². The molecule has 0 aliphatic heterocycles. The van der Waals surface area contributed by atoms with Gasteiger partial charge in [0.2, 0.25) is 0 Å². The summed E-state index contributed by atoms with van der Waals surface area (Å²) in [4.78, 5) is 23.7. The summed E-state index contributed by atoms with van der Waals surface area (Å²) >= 11 is 0. The summed E-state index contributed by atoms with van der Waals surface area (Å²) in [7, 11) is 0. The monoisotopic (exact) mass is 330 g/mol. The molecule has 0 spiro atoms. The van der Waals surface area contributed by atoms with E-state index in [1.807, 2.05) is 6.92 Å². The molecule has 0 heterocycles. The van der Waals surface area contributed by atoms with Gasteiger partial charge in [-0.05, 0) is 42.8 Å². The van der Waals surface area contributed by atoms with E-state index in [9.17, 15) is 14.0 Å². The fourth-order valence-electron chi connectivity index (χ4n) is 1.98. The molecule has 0 fully saturated rings. The maximum absolute atomic E-state index is 13.0. The molecule has 2 aromatic rings. The minimum atomic E-state index is -0.605. The SMILES string of the molecule is CCCNC(=O)COC(=O)c1ccccc1Nc1ccc(F)cc1. The molecule has 2 N–H and O–H groups in total. The van der Waals surface area contributed by atoms with E-state index in [1.165, 1.54) is 12.1 Å². The van der Waals surface area contributed by atoms with Crippen molar-refractivity contribution in [2.75, 3.05) is 18.5 Å². The molecule has 0 aliphatic rings. The van der Waals surface area contributed by atoms with Crippen molar-refractivity contribution in [2.24, 2.45) is 0 Å². The number of ether oxygens (including phenoxy) is 1. The second-order valence-corrected chi connectivity index (χ2v) is 5.10. The van der Waals surface area contributed by atoms with Crippen LogP contribution in [0.1, 0.15) is 23.7 Å². The highest BCUT2D eigenvalue weighted by atomic mass is 19.1. The minimum absolute atomic E-state index is 0.296. The molecular formula is C18H19FN2O3. The maximum atomic E-state index is 13.0.